The second-order valence-corrected chi connectivity index (χ2v) is 2.81. The number of anilines is 1. The van der Waals surface area contributed by atoms with Gasteiger partial charge in [0, 0.05) is 0 Å². The summed E-state index contributed by atoms with van der Waals surface area (Å²) in [6.07, 6.45) is 0.588. The number of alkyl halides is 2. The van der Waals surface area contributed by atoms with Gasteiger partial charge in [0.2, 0.25) is 0 Å². The fourth-order valence-electron chi connectivity index (χ4n) is 0.878. The highest BCUT2D eigenvalue weighted by atomic mass is 35.5. The van der Waals surface area contributed by atoms with Gasteiger partial charge in [-0.05, 0) is 0 Å². The minimum absolute atomic E-state index is 0.116. The number of aromatic nitrogens is 2. The molecule has 0 radical (unpaired) electrons. The first-order chi connectivity index (χ1) is 6.22. The lowest BCUT2D eigenvalue weighted by molar-refractivity contribution is 0.112. The van der Waals surface area contributed by atoms with E-state index in [2.05, 4.69) is 9.97 Å². The molecule has 13 heavy (non-hydrogen) atoms. The molecule has 0 amide bonds. The molecule has 1 heterocycles. The Labute approximate surface area is 85.1 Å². The summed E-state index contributed by atoms with van der Waals surface area (Å²) < 4.78 is 0. The van der Waals surface area contributed by atoms with Crippen molar-refractivity contribution in [3.8, 4) is 0 Å². The molecule has 0 bridgehead atoms. The van der Waals surface area contributed by atoms with E-state index in [0.29, 0.717) is 17.8 Å². The predicted molar refractivity (Wildman–Crippen MR) is 50.9 cm³/mol. The Bertz CT molecular complexity index is 330. The molecule has 70 valence electrons. The summed E-state index contributed by atoms with van der Waals surface area (Å²) in [5, 5.41) is 0. The fraction of sp³-hybridized carbons (Fsp3) is 0.286. The highest BCUT2D eigenvalue weighted by Crippen LogP contribution is 2.14. The summed E-state index contributed by atoms with van der Waals surface area (Å²) in [7, 11) is 0. The number of carbonyl (C=O) groups is 1. The molecule has 0 saturated heterocycles. The van der Waals surface area contributed by atoms with E-state index in [-0.39, 0.29) is 23.1 Å². The first-order valence-corrected chi connectivity index (χ1v) is 4.52. The SMILES string of the molecule is Nc1nc(CCl)nc(CCl)c1C=O. The van der Waals surface area contributed by atoms with Gasteiger partial charge >= 0.3 is 0 Å². The van der Waals surface area contributed by atoms with Crippen molar-refractivity contribution in [3.63, 3.8) is 0 Å². The highest BCUT2D eigenvalue weighted by Gasteiger charge is 2.09. The minimum atomic E-state index is 0.116. The highest BCUT2D eigenvalue weighted by molar-refractivity contribution is 6.17. The zero-order valence-electron chi connectivity index (χ0n) is 6.63. The molecule has 1 aromatic heterocycles. The van der Waals surface area contributed by atoms with Gasteiger partial charge in [0.05, 0.1) is 23.0 Å². The average Bonchev–Trinajstić information content (AvgIpc) is 2.16. The molecule has 6 heteroatoms. The van der Waals surface area contributed by atoms with E-state index in [0.717, 1.165) is 0 Å². The van der Waals surface area contributed by atoms with E-state index in [1.165, 1.54) is 0 Å². The van der Waals surface area contributed by atoms with Crippen LogP contribution in [0.4, 0.5) is 5.82 Å². The van der Waals surface area contributed by atoms with Crippen molar-refractivity contribution in [2.45, 2.75) is 11.8 Å². The number of nitrogens with two attached hydrogens (primary N) is 1. The second kappa shape index (κ2) is 4.39. The molecule has 1 rings (SSSR count). The molecule has 0 saturated carbocycles. The Morgan fingerprint density at radius 3 is 2.46 bits per heavy atom. The van der Waals surface area contributed by atoms with Crippen molar-refractivity contribution in [1.82, 2.24) is 9.97 Å². The fourth-order valence-corrected chi connectivity index (χ4v) is 1.20. The van der Waals surface area contributed by atoms with Gasteiger partial charge in [-0.1, -0.05) is 0 Å². The van der Waals surface area contributed by atoms with E-state index in [9.17, 15) is 4.79 Å². The van der Waals surface area contributed by atoms with Crippen LogP contribution in [0.3, 0.4) is 0 Å². The quantitative estimate of drug-likeness (QED) is 0.616. The Hall–Kier alpha value is -0.870. The van der Waals surface area contributed by atoms with Crippen LogP contribution < -0.4 is 5.73 Å². The first kappa shape index (κ1) is 10.2. The van der Waals surface area contributed by atoms with Gasteiger partial charge in [-0.25, -0.2) is 9.97 Å². The van der Waals surface area contributed by atoms with E-state index < -0.39 is 0 Å². The number of aldehydes is 1. The Morgan fingerprint density at radius 2 is 2.00 bits per heavy atom. The van der Waals surface area contributed by atoms with Gasteiger partial charge in [0.15, 0.2) is 6.29 Å². The van der Waals surface area contributed by atoms with Gasteiger partial charge in [-0.3, -0.25) is 4.79 Å². The van der Waals surface area contributed by atoms with Crippen LogP contribution in [-0.4, -0.2) is 16.3 Å². The molecular weight excluding hydrogens is 213 g/mol. The van der Waals surface area contributed by atoms with Crippen LogP contribution in [0.5, 0.6) is 0 Å². The number of nitrogens with zero attached hydrogens (tertiary/aromatic N) is 2. The number of rotatable bonds is 3. The maximum atomic E-state index is 10.6. The predicted octanol–water partition coefficient (Wildman–Crippen LogP) is 1.35. The monoisotopic (exact) mass is 219 g/mol. The molecule has 0 aromatic carbocycles. The largest absolute Gasteiger partial charge is 0.383 e. The molecule has 0 aliphatic carbocycles. The minimum Gasteiger partial charge on any atom is -0.383 e. The molecule has 4 nitrogen and oxygen atoms in total. The van der Waals surface area contributed by atoms with E-state index >= 15 is 0 Å². The maximum Gasteiger partial charge on any atom is 0.155 e. The topological polar surface area (TPSA) is 68.9 Å². The Balaban J connectivity index is 3.28. The lowest BCUT2D eigenvalue weighted by atomic mass is 10.2. The molecule has 1 aromatic rings. The number of halogens is 2. The number of nitrogen functional groups attached to an aromatic ring is 1. The van der Waals surface area contributed by atoms with Crippen molar-refractivity contribution in [2.75, 3.05) is 5.73 Å². The van der Waals surface area contributed by atoms with Crippen molar-refractivity contribution >= 4 is 35.3 Å². The van der Waals surface area contributed by atoms with Gasteiger partial charge in [-0.15, -0.1) is 23.2 Å². The molecule has 0 aliphatic heterocycles. The number of hydrogen-bond acceptors (Lipinski definition) is 4. The molecule has 0 spiro atoms. The maximum absolute atomic E-state index is 10.6. The van der Waals surface area contributed by atoms with Crippen LogP contribution in [0.25, 0.3) is 0 Å². The third kappa shape index (κ3) is 2.08. The van der Waals surface area contributed by atoms with Crippen LogP contribution in [0, 0.1) is 0 Å². The molecular formula is C7H7Cl2N3O. The number of hydrogen-bond donors (Lipinski definition) is 1. The van der Waals surface area contributed by atoms with Crippen molar-refractivity contribution in [2.24, 2.45) is 0 Å². The van der Waals surface area contributed by atoms with Gasteiger partial charge in [0.1, 0.15) is 11.6 Å². The molecule has 0 unspecified atom stereocenters. The van der Waals surface area contributed by atoms with Crippen LogP contribution in [0.15, 0.2) is 0 Å². The smallest absolute Gasteiger partial charge is 0.155 e. The van der Waals surface area contributed by atoms with E-state index in [1.807, 2.05) is 0 Å². The van der Waals surface area contributed by atoms with Crippen LogP contribution in [-0.2, 0) is 11.8 Å². The van der Waals surface area contributed by atoms with E-state index in [1.54, 1.807) is 0 Å². The molecule has 2 N–H and O–H groups in total. The van der Waals surface area contributed by atoms with Gasteiger partial charge in [-0.2, -0.15) is 0 Å². The summed E-state index contributed by atoms with van der Waals surface area (Å²) in [5.74, 6) is 0.759. The van der Waals surface area contributed by atoms with E-state index in [4.69, 9.17) is 28.9 Å². The zero-order chi connectivity index (χ0) is 9.84. The normalized spacial score (nSPS) is 10.0. The zero-order valence-corrected chi connectivity index (χ0v) is 8.14. The summed E-state index contributed by atoms with van der Waals surface area (Å²) in [6, 6.07) is 0. The number of carbonyl (C=O) groups excluding carboxylic acids is 1. The van der Waals surface area contributed by atoms with Crippen LogP contribution >= 0.6 is 23.2 Å². The molecule has 0 atom stereocenters. The van der Waals surface area contributed by atoms with Crippen molar-refractivity contribution in [1.29, 1.82) is 0 Å². The van der Waals surface area contributed by atoms with Crippen molar-refractivity contribution in [3.05, 3.63) is 17.1 Å². The molecule has 0 fully saturated rings. The second-order valence-electron chi connectivity index (χ2n) is 2.27. The third-order valence-corrected chi connectivity index (χ3v) is 1.96. The Morgan fingerprint density at radius 1 is 1.31 bits per heavy atom. The lowest BCUT2D eigenvalue weighted by Crippen LogP contribution is -2.07. The first-order valence-electron chi connectivity index (χ1n) is 3.45. The summed E-state index contributed by atoms with van der Waals surface area (Å²) in [5.41, 5.74) is 6.14. The standard InChI is InChI=1S/C7H7Cl2N3O/c8-1-5-4(3-13)7(10)12-6(2-9)11-5/h3H,1-2H2,(H2,10,11,12). The van der Waals surface area contributed by atoms with Crippen LogP contribution in [0.1, 0.15) is 21.9 Å². The Kier molecular flexibility index (Phi) is 3.45. The van der Waals surface area contributed by atoms with Gasteiger partial charge in [0.25, 0.3) is 0 Å². The summed E-state index contributed by atoms with van der Waals surface area (Å²) >= 11 is 11.1. The third-order valence-electron chi connectivity index (χ3n) is 1.46. The summed E-state index contributed by atoms with van der Waals surface area (Å²) in [6.45, 7) is 0. The van der Waals surface area contributed by atoms with Gasteiger partial charge < -0.3 is 5.73 Å². The van der Waals surface area contributed by atoms with Crippen molar-refractivity contribution < 1.29 is 4.79 Å². The summed E-state index contributed by atoms with van der Waals surface area (Å²) in [4.78, 5) is 18.3. The molecule has 0 aliphatic rings. The van der Waals surface area contributed by atoms with Crippen LogP contribution in [0.2, 0.25) is 0 Å². The average molecular weight is 220 g/mol. The lowest BCUT2D eigenvalue weighted by Gasteiger charge is -2.04.